The van der Waals surface area contributed by atoms with Crippen molar-refractivity contribution in [3.05, 3.63) is 102 Å². The quantitative estimate of drug-likeness (QED) is 0.514. The van der Waals surface area contributed by atoms with Gasteiger partial charge in [-0.15, -0.1) is 0 Å². The Morgan fingerprint density at radius 1 is 0.750 bits per heavy atom. The molecular weight excluding hydrogens is 354 g/mol. The number of ketones is 1. The van der Waals surface area contributed by atoms with Crippen molar-refractivity contribution in [2.24, 2.45) is 0 Å². The Balaban J connectivity index is 1.74. The summed E-state index contributed by atoms with van der Waals surface area (Å²) in [5.41, 5.74) is 1.44. The lowest BCUT2D eigenvalue weighted by atomic mass is 10.1. The molecule has 0 bridgehead atoms. The summed E-state index contributed by atoms with van der Waals surface area (Å²) in [7, 11) is 0. The predicted molar refractivity (Wildman–Crippen MR) is 106 cm³/mol. The third-order valence-electron chi connectivity index (χ3n) is 4.14. The van der Waals surface area contributed by atoms with E-state index in [2.05, 4.69) is 5.32 Å². The van der Waals surface area contributed by atoms with Gasteiger partial charge >= 0.3 is 5.97 Å². The molecule has 0 saturated heterocycles. The summed E-state index contributed by atoms with van der Waals surface area (Å²) in [5, 5.41) is 2.72. The van der Waals surface area contributed by atoms with Crippen molar-refractivity contribution in [3.63, 3.8) is 0 Å². The highest BCUT2D eigenvalue weighted by molar-refractivity contribution is 6.08. The zero-order chi connectivity index (χ0) is 19.9. The van der Waals surface area contributed by atoms with E-state index in [-0.39, 0.29) is 17.3 Å². The van der Waals surface area contributed by atoms with E-state index in [1.165, 1.54) is 6.92 Å². The Kier molecular flexibility index (Phi) is 5.97. The monoisotopic (exact) mass is 373 g/mol. The predicted octanol–water partition coefficient (Wildman–Crippen LogP) is 4.37. The van der Waals surface area contributed by atoms with Crippen LogP contribution < -0.4 is 5.32 Å². The van der Waals surface area contributed by atoms with E-state index >= 15 is 0 Å². The van der Waals surface area contributed by atoms with E-state index in [0.717, 1.165) is 0 Å². The molecule has 3 aromatic rings. The lowest BCUT2D eigenvalue weighted by molar-refractivity contribution is 0.0320. The van der Waals surface area contributed by atoms with Crippen LogP contribution in [0, 0.1) is 0 Å². The van der Waals surface area contributed by atoms with E-state index in [4.69, 9.17) is 4.74 Å². The van der Waals surface area contributed by atoms with Gasteiger partial charge in [-0.05, 0) is 31.2 Å². The number of benzene rings is 3. The Labute approximate surface area is 163 Å². The number of hydrogen-bond acceptors (Lipinski definition) is 4. The first-order chi connectivity index (χ1) is 13.6. The molecule has 0 saturated carbocycles. The first-order valence-electron chi connectivity index (χ1n) is 8.82. The van der Waals surface area contributed by atoms with Crippen molar-refractivity contribution in [3.8, 4) is 0 Å². The molecule has 28 heavy (non-hydrogen) atoms. The van der Waals surface area contributed by atoms with Crippen molar-refractivity contribution >= 4 is 23.3 Å². The van der Waals surface area contributed by atoms with Crippen LogP contribution in [-0.2, 0) is 4.74 Å². The lowest BCUT2D eigenvalue weighted by Gasteiger charge is -2.15. The van der Waals surface area contributed by atoms with Gasteiger partial charge in [-0.25, -0.2) is 4.79 Å². The second kappa shape index (κ2) is 8.77. The number of amides is 1. The van der Waals surface area contributed by atoms with Crippen LogP contribution in [0.3, 0.4) is 0 Å². The molecule has 3 aromatic carbocycles. The highest BCUT2D eigenvalue weighted by atomic mass is 16.5. The average molecular weight is 373 g/mol. The van der Waals surface area contributed by atoms with Crippen LogP contribution in [0.1, 0.15) is 38.0 Å². The number of carbonyl (C=O) groups excluding carboxylic acids is 3. The molecule has 5 heteroatoms. The number of ether oxygens (including phenoxy) is 1. The van der Waals surface area contributed by atoms with Crippen molar-refractivity contribution in [1.29, 1.82) is 0 Å². The van der Waals surface area contributed by atoms with Crippen LogP contribution in [0.25, 0.3) is 0 Å². The number of para-hydroxylation sites is 1. The van der Waals surface area contributed by atoms with Crippen molar-refractivity contribution in [1.82, 2.24) is 0 Å². The maximum atomic E-state index is 12.6. The normalized spacial score (nSPS) is 11.3. The first-order valence-corrected chi connectivity index (χ1v) is 8.82. The van der Waals surface area contributed by atoms with Crippen molar-refractivity contribution in [2.75, 3.05) is 5.32 Å². The fraction of sp³-hybridized carbons (Fsp3) is 0.0870. The molecular formula is C23H19NO4. The molecule has 0 heterocycles. The van der Waals surface area contributed by atoms with Crippen LogP contribution in [-0.4, -0.2) is 23.8 Å². The smallest absolute Gasteiger partial charge is 0.340 e. The molecule has 1 atom stereocenters. The molecule has 0 radical (unpaired) electrons. The Hall–Kier alpha value is -3.73. The minimum absolute atomic E-state index is 0.180. The Morgan fingerprint density at radius 2 is 1.29 bits per heavy atom. The molecule has 0 aliphatic heterocycles. The zero-order valence-corrected chi connectivity index (χ0v) is 15.3. The summed E-state index contributed by atoms with van der Waals surface area (Å²) in [6.45, 7) is 1.53. The highest BCUT2D eigenvalue weighted by Crippen LogP contribution is 2.19. The van der Waals surface area contributed by atoms with Crippen LogP contribution in [0.2, 0.25) is 0 Å². The maximum Gasteiger partial charge on any atom is 0.340 e. The molecule has 0 fully saturated rings. The second-order valence-corrected chi connectivity index (χ2v) is 6.14. The van der Waals surface area contributed by atoms with Gasteiger partial charge in [0.25, 0.3) is 5.91 Å². The molecule has 140 valence electrons. The molecule has 3 rings (SSSR count). The van der Waals surface area contributed by atoms with Gasteiger partial charge in [0.05, 0.1) is 11.3 Å². The lowest BCUT2D eigenvalue weighted by Crippen LogP contribution is -2.25. The minimum Gasteiger partial charge on any atom is -0.451 e. The van der Waals surface area contributed by atoms with E-state index < -0.39 is 12.1 Å². The largest absolute Gasteiger partial charge is 0.451 e. The van der Waals surface area contributed by atoms with Gasteiger partial charge in [0, 0.05) is 11.1 Å². The van der Waals surface area contributed by atoms with Gasteiger partial charge < -0.3 is 10.1 Å². The van der Waals surface area contributed by atoms with E-state index in [1.54, 1.807) is 78.9 Å². The van der Waals surface area contributed by atoms with Crippen LogP contribution in [0.5, 0.6) is 0 Å². The maximum absolute atomic E-state index is 12.6. The summed E-state index contributed by atoms with van der Waals surface area (Å²) in [6, 6.07) is 23.8. The summed E-state index contributed by atoms with van der Waals surface area (Å²) in [6.07, 6.45) is -0.951. The van der Waals surface area contributed by atoms with Gasteiger partial charge in [-0.2, -0.15) is 0 Å². The standard InChI is InChI=1S/C23H19NO4/c1-16(21(25)17-10-4-2-5-11-17)28-23(27)19-14-8-9-15-20(19)24-22(26)18-12-6-3-7-13-18/h2-16H,1H3,(H,24,26)/t16-/m1/s1. The summed E-state index contributed by atoms with van der Waals surface area (Å²) >= 11 is 0. The molecule has 1 N–H and O–H groups in total. The molecule has 0 spiro atoms. The molecule has 5 nitrogen and oxygen atoms in total. The number of anilines is 1. The molecule has 0 aliphatic carbocycles. The number of rotatable bonds is 6. The summed E-state index contributed by atoms with van der Waals surface area (Å²) in [4.78, 5) is 37.4. The Morgan fingerprint density at radius 3 is 1.93 bits per heavy atom. The summed E-state index contributed by atoms with van der Waals surface area (Å²) < 4.78 is 5.34. The highest BCUT2D eigenvalue weighted by Gasteiger charge is 2.22. The third-order valence-corrected chi connectivity index (χ3v) is 4.14. The van der Waals surface area contributed by atoms with E-state index in [1.807, 2.05) is 6.07 Å². The third kappa shape index (κ3) is 4.51. The number of Topliss-reactive ketones (excluding diaryl/α,β-unsaturated/α-hetero) is 1. The fourth-order valence-electron chi connectivity index (χ4n) is 2.67. The van der Waals surface area contributed by atoms with Crippen LogP contribution in [0.15, 0.2) is 84.9 Å². The molecule has 0 unspecified atom stereocenters. The van der Waals surface area contributed by atoms with E-state index in [9.17, 15) is 14.4 Å². The van der Waals surface area contributed by atoms with E-state index in [0.29, 0.717) is 16.8 Å². The van der Waals surface area contributed by atoms with Crippen LogP contribution >= 0.6 is 0 Å². The Bertz CT molecular complexity index is 984. The van der Waals surface area contributed by atoms with Gasteiger partial charge in [0.2, 0.25) is 5.78 Å². The van der Waals surface area contributed by atoms with Gasteiger partial charge in [0.15, 0.2) is 6.10 Å². The van der Waals surface area contributed by atoms with Crippen molar-refractivity contribution in [2.45, 2.75) is 13.0 Å². The topological polar surface area (TPSA) is 72.5 Å². The number of carbonyl (C=O) groups is 3. The van der Waals surface area contributed by atoms with Gasteiger partial charge in [0.1, 0.15) is 0 Å². The molecule has 1 amide bonds. The zero-order valence-electron chi connectivity index (χ0n) is 15.3. The molecule has 0 aromatic heterocycles. The van der Waals surface area contributed by atoms with Gasteiger partial charge in [-0.1, -0.05) is 60.7 Å². The fourth-order valence-corrected chi connectivity index (χ4v) is 2.67. The second-order valence-electron chi connectivity index (χ2n) is 6.14. The number of nitrogens with one attached hydrogen (secondary N) is 1. The van der Waals surface area contributed by atoms with Crippen molar-refractivity contribution < 1.29 is 19.1 Å². The average Bonchev–Trinajstić information content (AvgIpc) is 2.74. The number of esters is 1. The summed E-state index contributed by atoms with van der Waals surface area (Å²) in [5.74, 6) is -1.31. The van der Waals surface area contributed by atoms with Gasteiger partial charge in [-0.3, -0.25) is 9.59 Å². The first kappa shape index (κ1) is 19.0. The number of hydrogen-bond donors (Lipinski definition) is 1. The van der Waals surface area contributed by atoms with Crippen LogP contribution in [0.4, 0.5) is 5.69 Å². The minimum atomic E-state index is -0.951. The molecule has 0 aliphatic rings. The SMILES string of the molecule is C[C@@H](OC(=O)c1ccccc1NC(=O)c1ccccc1)C(=O)c1ccccc1.